The summed E-state index contributed by atoms with van der Waals surface area (Å²) in [5.41, 5.74) is 0.684. The van der Waals surface area contributed by atoms with Crippen LogP contribution in [0.4, 0.5) is 10.5 Å². The quantitative estimate of drug-likeness (QED) is 0.670. The van der Waals surface area contributed by atoms with Gasteiger partial charge in [-0.05, 0) is 30.7 Å². The van der Waals surface area contributed by atoms with E-state index >= 15 is 0 Å². The topological polar surface area (TPSA) is 67.9 Å². The summed E-state index contributed by atoms with van der Waals surface area (Å²) in [7, 11) is 0. The number of esters is 1. The summed E-state index contributed by atoms with van der Waals surface area (Å²) in [6.45, 7) is 3.28. The van der Waals surface area contributed by atoms with E-state index in [-0.39, 0.29) is 18.1 Å². The summed E-state index contributed by atoms with van der Waals surface area (Å²) >= 11 is 0. The van der Waals surface area contributed by atoms with Gasteiger partial charge in [0.1, 0.15) is 17.9 Å². The number of carbonyl (C=O) groups excluding carboxylic acids is 2. The molecule has 0 aromatic heterocycles. The summed E-state index contributed by atoms with van der Waals surface area (Å²) in [5.74, 6) is 0.487. The molecule has 0 saturated carbocycles. The Morgan fingerprint density at radius 1 is 1.41 bits per heavy atom. The van der Waals surface area contributed by atoms with Crippen LogP contribution in [0.5, 0.6) is 5.75 Å². The van der Waals surface area contributed by atoms with Gasteiger partial charge in [-0.2, -0.15) is 0 Å². The SMILES string of the molecule is CCCCOc1ccc(NC(=O)N2C[C@@H]3C[C@H]2C(=O)O3)cc1. The Labute approximate surface area is 129 Å². The second-order valence-corrected chi connectivity index (χ2v) is 5.62. The fourth-order valence-corrected chi connectivity index (χ4v) is 2.74. The Balaban J connectivity index is 1.54. The summed E-state index contributed by atoms with van der Waals surface area (Å²) in [6, 6.07) is 6.56. The Morgan fingerprint density at radius 2 is 2.18 bits per heavy atom. The maximum atomic E-state index is 12.2. The predicted octanol–water partition coefficient (Wildman–Crippen LogP) is 2.40. The number of hydrogen-bond donors (Lipinski definition) is 1. The zero-order chi connectivity index (χ0) is 15.5. The van der Waals surface area contributed by atoms with Gasteiger partial charge in [0.15, 0.2) is 0 Å². The first-order chi connectivity index (χ1) is 10.7. The zero-order valence-electron chi connectivity index (χ0n) is 12.6. The van der Waals surface area contributed by atoms with Crippen molar-refractivity contribution in [3.63, 3.8) is 0 Å². The summed E-state index contributed by atoms with van der Waals surface area (Å²) < 4.78 is 10.7. The number of morpholine rings is 1. The van der Waals surface area contributed by atoms with Gasteiger partial charge in [-0.1, -0.05) is 13.3 Å². The lowest BCUT2D eigenvalue weighted by Crippen LogP contribution is -2.46. The van der Waals surface area contributed by atoms with E-state index in [2.05, 4.69) is 12.2 Å². The molecule has 22 heavy (non-hydrogen) atoms. The molecule has 2 aliphatic rings. The second-order valence-electron chi connectivity index (χ2n) is 5.62. The van der Waals surface area contributed by atoms with Crippen LogP contribution < -0.4 is 10.1 Å². The number of nitrogens with zero attached hydrogens (tertiary/aromatic N) is 1. The monoisotopic (exact) mass is 304 g/mol. The van der Waals surface area contributed by atoms with Crippen molar-refractivity contribution in [3.8, 4) is 5.75 Å². The highest BCUT2D eigenvalue weighted by molar-refractivity contribution is 5.94. The molecular formula is C16H20N2O4. The molecule has 2 saturated heterocycles. The van der Waals surface area contributed by atoms with Gasteiger partial charge in [0.25, 0.3) is 0 Å². The maximum absolute atomic E-state index is 12.2. The molecule has 0 spiro atoms. The van der Waals surface area contributed by atoms with E-state index in [0.717, 1.165) is 18.6 Å². The number of carbonyl (C=O) groups is 2. The van der Waals surface area contributed by atoms with E-state index in [9.17, 15) is 9.59 Å². The van der Waals surface area contributed by atoms with Gasteiger partial charge in [0.05, 0.1) is 13.2 Å². The first-order valence-electron chi connectivity index (χ1n) is 7.68. The van der Waals surface area contributed by atoms with Crippen molar-refractivity contribution in [2.24, 2.45) is 0 Å². The number of likely N-dealkylation sites (tertiary alicyclic amines) is 1. The minimum Gasteiger partial charge on any atom is -0.494 e. The van der Waals surface area contributed by atoms with Crippen molar-refractivity contribution in [3.05, 3.63) is 24.3 Å². The molecule has 6 nitrogen and oxygen atoms in total. The van der Waals surface area contributed by atoms with Crippen LogP contribution in [-0.4, -0.2) is 42.2 Å². The summed E-state index contributed by atoms with van der Waals surface area (Å²) in [4.78, 5) is 25.3. The Kier molecular flexibility index (Phi) is 4.18. The van der Waals surface area contributed by atoms with Crippen LogP contribution >= 0.6 is 0 Å². The molecule has 0 unspecified atom stereocenters. The molecule has 3 rings (SSSR count). The number of nitrogens with one attached hydrogen (secondary N) is 1. The van der Waals surface area contributed by atoms with Crippen molar-refractivity contribution >= 4 is 17.7 Å². The normalized spacial score (nSPS) is 22.6. The van der Waals surface area contributed by atoms with Crippen molar-refractivity contribution in [1.82, 2.24) is 4.90 Å². The standard InChI is InChI=1S/C16H20N2O4/c1-2-3-8-21-12-6-4-11(5-7-12)17-16(20)18-10-13-9-14(18)15(19)22-13/h4-7,13-14H,2-3,8-10H2,1H3,(H,17,20)/t13-,14-/m0/s1. The van der Waals surface area contributed by atoms with Crippen LogP contribution in [0.3, 0.4) is 0 Å². The number of benzene rings is 1. The van der Waals surface area contributed by atoms with Crippen LogP contribution in [0.25, 0.3) is 0 Å². The lowest BCUT2D eigenvalue weighted by atomic mass is 10.2. The number of urea groups is 1. The first-order valence-corrected chi connectivity index (χ1v) is 7.68. The van der Waals surface area contributed by atoms with Gasteiger partial charge in [-0.25, -0.2) is 9.59 Å². The Bertz CT molecular complexity index is 558. The number of unbranched alkanes of at least 4 members (excludes halogenated alkanes) is 1. The molecule has 0 radical (unpaired) electrons. The molecule has 2 aliphatic heterocycles. The van der Waals surface area contributed by atoms with E-state index in [0.29, 0.717) is 25.3 Å². The minimum atomic E-state index is -0.429. The average Bonchev–Trinajstić information content (AvgIpc) is 3.08. The molecule has 1 N–H and O–H groups in total. The third kappa shape index (κ3) is 3.00. The fraction of sp³-hybridized carbons (Fsp3) is 0.500. The van der Waals surface area contributed by atoms with E-state index in [1.165, 1.54) is 0 Å². The van der Waals surface area contributed by atoms with Crippen LogP contribution in [-0.2, 0) is 9.53 Å². The number of anilines is 1. The number of amides is 2. The summed E-state index contributed by atoms with van der Waals surface area (Å²) in [5, 5.41) is 2.81. The number of ether oxygens (including phenoxy) is 2. The molecule has 1 aromatic rings. The van der Waals surface area contributed by atoms with E-state index in [1.807, 2.05) is 12.1 Å². The van der Waals surface area contributed by atoms with Gasteiger partial charge >= 0.3 is 12.0 Å². The first kappa shape index (κ1) is 14.7. The van der Waals surface area contributed by atoms with Crippen LogP contribution in [0.1, 0.15) is 26.2 Å². The molecule has 2 atom stereocenters. The largest absolute Gasteiger partial charge is 0.494 e. The van der Waals surface area contributed by atoms with Gasteiger partial charge in [0.2, 0.25) is 0 Å². The van der Waals surface area contributed by atoms with Gasteiger partial charge in [-0.15, -0.1) is 0 Å². The molecule has 118 valence electrons. The highest BCUT2D eigenvalue weighted by Gasteiger charge is 2.48. The number of fused-ring (bicyclic) bond motifs is 2. The summed E-state index contributed by atoms with van der Waals surface area (Å²) in [6.07, 6.45) is 2.58. The Morgan fingerprint density at radius 3 is 2.82 bits per heavy atom. The fourth-order valence-electron chi connectivity index (χ4n) is 2.74. The molecule has 2 fully saturated rings. The van der Waals surface area contributed by atoms with Crippen molar-refractivity contribution in [1.29, 1.82) is 0 Å². The molecule has 6 heteroatoms. The third-order valence-corrected chi connectivity index (χ3v) is 3.95. The smallest absolute Gasteiger partial charge is 0.329 e. The third-order valence-electron chi connectivity index (χ3n) is 3.95. The lowest BCUT2D eigenvalue weighted by molar-refractivity contribution is -0.149. The molecule has 2 bridgehead atoms. The Hall–Kier alpha value is -2.24. The molecular weight excluding hydrogens is 284 g/mol. The highest BCUT2D eigenvalue weighted by atomic mass is 16.6. The van der Waals surface area contributed by atoms with E-state index in [4.69, 9.17) is 9.47 Å². The molecule has 2 amide bonds. The van der Waals surface area contributed by atoms with Gasteiger partial charge in [0, 0.05) is 12.1 Å². The van der Waals surface area contributed by atoms with Crippen LogP contribution in [0.2, 0.25) is 0 Å². The van der Waals surface area contributed by atoms with E-state index < -0.39 is 6.04 Å². The van der Waals surface area contributed by atoms with Crippen LogP contribution in [0.15, 0.2) is 24.3 Å². The average molecular weight is 304 g/mol. The maximum Gasteiger partial charge on any atom is 0.329 e. The predicted molar refractivity (Wildman–Crippen MR) is 80.9 cm³/mol. The minimum absolute atomic E-state index is 0.141. The lowest BCUT2D eigenvalue weighted by Gasteiger charge is -2.25. The molecule has 0 aliphatic carbocycles. The van der Waals surface area contributed by atoms with Crippen LogP contribution in [0, 0.1) is 0 Å². The van der Waals surface area contributed by atoms with Crippen molar-refractivity contribution in [2.75, 3.05) is 18.5 Å². The van der Waals surface area contributed by atoms with Crippen molar-refractivity contribution < 1.29 is 19.1 Å². The number of rotatable bonds is 5. The van der Waals surface area contributed by atoms with Crippen molar-refractivity contribution in [2.45, 2.75) is 38.3 Å². The molecule has 2 heterocycles. The van der Waals surface area contributed by atoms with E-state index in [1.54, 1.807) is 17.0 Å². The number of hydrogen-bond acceptors (Lipinski definition) is 4. The second kappa shape index (κ2) is 6.25. The van der Waals surface area contributed by atoms with Gasteiger partial charge in [-0.3, -0.25) is 0 Å². The highest BCUT2D eigenvalue weighted by Crippen LogP contribution is 2.29. The van der Waals surface area contributed by atoms with Gasteiger partial charge < -0.3 is 19.7 Å². The molecule has 1 aromatic carbocycles. The zero-order valence-corrected chi connectivity index (χ0v) is 12.6.